The van der Waals surface area contributed by atoms with Gasteiger partial charge in [0.25, 0.3) is 0 Å². The third-order valence-electron chi connectivity index (χ3n) is 5.09. The molecule has 0 bridgehead atoms. The molecule has 1 aromatic rings. The molecule has 21 heavy (non-hydrogen) atoms. The third-order valence-corrected chi connectivity index (χ3v) is 5.09. The van der Waals surface area contributed by atoms with Crippen molar-refractivity contribution in [1.82, 2.24) is 5.32 Å². The minimum absolute atomic E-state index is 0.525. The fraction of sp³-hybridized carbons (Fsp3) is 0.684. The minimum atomic E-state index is 0.525. The highest BCUT2D eigenvalue weighted by atomic mass is 16.5. The van der Waals surface area contributed by atoms with Crippen molar-refractivity contribution in [3.05, 3.63) is 29.3 Å². The maximum absolute atomic E-state index is 6.11. The molecule has 1 saturated carbocycles. The summed E-state index contributed by atoms with van der Waals surface area (Å²) in [6.07, 6.45) is 10.7. The average Bonchev–Trinajstić information content (AvgIpc) is 2.54. The fourth-order valence-electron chi connectivity index (χ4n) is 3.89. The van der Waals surface area contributed by atoms with Gasteiger partial charge in [-0.3, -0.25) is 0 Å². The molecule has 0 amide bonds. The van der Waals surface area contributed by atoms with Crippen LogP contribution >= 0.6 is 0 Å². The highest BCUT2D eigenvalue weighted by Crippen LogP contribution is 2.33. The summed E-state index contributed by atoms with van der Waals surface area (Å²) < 4.78 is 6.11. The van der Waals surface area contributed by atoms with Gasteiger partial charge in [0, 0.05) is 6.04 Å². The van der Waals surface area contributed by atoms with Crippen LogP contribution in [0, 0.1) is 5.92 Å². The molecule has 0 heterocycles. The molecule has 1 atom stereocenters. The van der Waals surface area contributed by atoms with Crippen molar-refractivity contribution >= 4 is 0 Å². The van der Waals surface area contributed by atoms with Gasteiger partial charge >= 0.3 is 0 Å². The van der Waals surface area contributed by atoms with E-state index in [-0.39, 0.29) is 0 Å². The quantitative estimate of drug-likeness (QED) is 0.852. The molecule has 2 nitrogen and oxygen atoms in total. The Bertz CT molecular complexity index is 451. The van der Waals surface area contributed by atoms with Gasteiger partial charge in [0.2, 0.25) is 0 Å². The molecule has 0 radical (unpaired) electrons. The summed E-state index contributed by atoms with van der Waals surface area (Å²) in [6.45, 7) is 4.14. The van der Waals surface area contributed by atoms with Gasteiger partial charge in [0.15, 0.2) is 0 Å². The molecule has 1 aromatic carbocycles. The highest BCUT2D eigenvalue weighted by molar-refractivity contribution is 5.39. The average molecular weight is 287 g/mol. The second-order valence-electron chi connectivity index (χ2n) is 6.68. The summed E-state index contributed by atoms with van der Waals surface area (Å²) in [5.74, 6) is 1.85. The van der Waals surface area contributed by atoms with Crippen LogP contribution in [-0.4, -0.2) is 13.2 Å². The van der Waals surface area contributed by atoms with Gasteiger partial charge in [0.1, 0.15) is 5.75 Å². The lowest BCUT2D eigenvalue weighted by Crippen LogP contribution is -2.25. The Hall–Kier alpha value is -1.02. The Morgan fingerprint density at radius 2 is 1.95 bits per heavy atom. The van der Waals surface area contributed by atoms with E-state index in [1.54, 1.807) is 0 Å². The first-order valence-corrected chi connectivity index (χ1v) is 8.86. The fourth-order valence-corrected chi connectivity index (χ4v) is 3.89. The highest BCUT2D eigenvalue weighted by Gasteiger charge is 2.20. The standard InChI is InChI=1S/C19H29NO/c1-2-20-19-10-6-9-16-11-12-17(13-18(16)19)21-14-15-7-4-3-5-8-15/h11-13,15,19-20H,2-10,14H2,1H3. The van der Waals surface area contributed by atoms with Crippen LogP contribution in [0.1, 0.15) is 69.0 Å². The Kier molecular flexibility index (Phi) is 5.18. The number of benzene rings is 1. The molecular weight excluding hydrogens is 258 g/mol. The molecule has 1 N–H and O–H groups in total. The van der Waals surface area contributed by atoms with Crippen LogP contribution in [0.15, 0.2) is 18.2 Å². The van der Waals surface area contributed by atoms with Crippen LogP contribution in [0.2, 0.25) is 0 Å². The van der Waals surface area contributed by atoms with Gasteiger partial charge in [-0.2, -0.15) is 0 Å². The summed E-state index contributed by atoms with van der Waals surface area (Å²) in [5, 5.41) is 3.62. The smallest absolute Gasteiger partial charge is 0.119 e. The SMILES string of the molecule is CCNC1CCCc2ccc(OCC3CCCCC3)cc21. The van der Waals surface area contributed by atoms with Crippen molar-refractivity contribution in [3.8, 4) is 5.75 Å². The molecule has 1 unspecified atom stereocenters. The Morgan fingerprint density at radius 1 is 1.10 bits per heavy atom. The van der Waals surface area contributed by atoms with Gasteiger partial charge < -0.3 is 10.1 Å². The van der Waals surface area contributed by atoms with Crippen LogP contribution in [0.4, 0.5) is 0 Å². The van der Waals surface area contributed by atoms with E-state index >= 15 is 0 Å². The van der Waals surface area contributed by atoms with E-state index in [2.05, 4.69) is 30.4 Å². The zero-order valence-electron chi connectivity index (χ0n) is 13.4. The monoisotopic (exact) mass is 287 g/mol. The molecule has 2 aliphatic rings. The van der Waals surface area contributed by atoms with Crippen molar-refractivity contribution in [2.45, 2.75) is 64.3 Å². The van der Waals surface area contributed by atoms with Gasteiger partial charge in [-0.15, -0.1) is 0 Å². The Labute approximate surface area is 129 Å². The lowest BCUT2D eigenvalue weighted by molar-refractivity contribution is 0.208. The number of hydrogen-bond donors (Lipinski definition) is 1. The first-order valence-electron chi connectivity index (χ1n) is 8.86. The van der Waals surface area contributed by atoms with Crippen molar-refractivity contribution in [2.75, 3.05) is 13.2 Å². The predicted molar refractivity (Wildman–Crippen MR) is 87.9 cm³/mol. The Morgan fingerprint density at radius 3 is 2.76 bits per heavy atom. The largest absolute Gasteiger partial charge is 0.493 e. The molecule has 3 rings (SSSR count). The van der Waals surface area contributed by atoms with E-state index in [1.165, 1.54) is 62.5 Å². The summed E-state index contributed by atoms with van der Waals surface area (Å²) in [4.78, 5) is 0. The molecule has 0 aromatic heterocycles. The number of nitrogens with one attached hydrogen (secondary N) is 1. The van der Waals surface area contributed by atoms with Crippen LogP contribution in [0.5, 0.6) is 5.75 Å². The van der Waals surface area contributed by atoms with Crippen molar-refractivity contribution < 1.29 is 4.74 Å². The lowest BCUT2D eigenvalue weighted by Gasteiger charge is -2.27. The van der Waals surface area contributed by atoms with E-state index in [0.717, 1.165) is 24.8 Å². The third kappa shape index (κ3) is 3.79. The zero-order valence-corrected chi connectivity index (χ0v) is 13.4. The van der Waals surface area contributed by atoms with Gasteiger partial charge in [-0.25, -0.2) is 0 Å². The number of hydrogen-bond acceptors (Lipinski definition) is 2. The molecule has 1 fully saturated rings. The summed E-state index contributed by atoms with van der Waals surface area (Å²) in [6, 6.07) is 7.28. The first-order chi connectivity index (χ1) is 10.4. The van der Waals surface area contributed by atoms with E-state index in [0.29, 0.717) is 6.04 Å². The molecule has 0 aliphatic heterocycles. The van der Waals surface area contributed by atoms with Crippen molar-refractivity contribution in [1.29, 1.82) is 0 Å². The second kappa shape index (κ2) is 7.31. The van der Waals surface area contributed by atoms with Crippen molar-refractivity contribution in [3.63, 3.8) is 0 Å². The van der Waals surface area contributed by atoms with Crippen LogP contribution in [-0.2, 0) is 6.42 Å². The maximum Gasteiger partial charge on any atom is 0.119 e. The van der Waals surface area contributed by atoms with E-state index in [9.17, 15) is 0 Å². The topological polar surface area (TPSA) is 21.3 Å². The van der Waals surface area contributed by atoms with Gasteiger partial charge in [-0.05, 0) is 67.8 Å². The number of rotatable bonds is 5. The minimum Gasteiger partial charge on any atom is -0.493 e. The Balaban J connectivity index is 1.64. The van der Waals surface area contributed by atoms with E-state index in [4.69, 9.17) is 4.74 Å². The predicted octanol–water partition coefficient (Wildman–Crippen LogP) is 4.63. The second-order valence-corrected chi connectivity index (χ2v) is 6.68. The summed E-state index contributed by atoms with van der Waals surface area (Å²) in [7, 11) is 0. The van der Waals surface area contributed by atoms with Crippen LogP contribution < -0.4 is 10.1 Å². The van der Waals surface area contributed by atoms with Gasteiger partial charge in [-0.1, -0.05) is 32.3 Å². The lowest BCUT2D eigenvalue weighted by atomic mass is 9.87. The summed E-state index contributed by atoms with van der Waals surface area (Å²) in [5.41, 5.74) is 2.99. The molecule has 116 valence electrons. The maximum atomic E-state index is 6.11. The number of fused-ring (bicyclic) bond motifs is 1. The number of aryl methyl sites for hydroxylation is 1. The molecule has 2 heteroatoms. The number of ether oxygens (including phenoxy) is 1. The molecule has 0 saturated heterocycles. The molecular formula is C19H29NO. The van der Waals surface area contributed by atoms with E-state index in [1.807, 2.05) is 0 Å². The van der Waals surface area contributed by atoms with Crippen LogP contribution in [0.25, 0.3) is 0 Å². The zero-order chi connectivity index (χ0) is 14.5. The van der Waals surface area contributed by atoms with Crippen molar-refractivity contribution in [2.24, 2.45) is 5.92 Å². The normalized spacial score (nSPS) is 22.8. The van der Waals surface area contributed by atoms with Gasteiger partial charge in [0.05, 0.1) is 6.61 Å². The molecule has 0 spiro atoms. The first kappa shape index (κ1) is 14.9. The summed E-state index contributed by atoms with van der Waals surface area (Å²) >= 11 is 0. The van der Waals surface area contributed by atoms with Crippen LogP contribution in [0.3, 0.4) is 0 Å². The molecule has 2 aliphatic carbocycles. The van der Waals surface area contributed by atoms with E-state index < -0.39 is 0 Å².